The normalized spacial score (nSPS) is 23.4. The number of phenolic OH excluding ortho intramolecular Hbond substituents is 6. The summed E-state index contributed by atoms with van der Waals surface area (Å²) < 4.78 is 19.4. The molecular weight excluding hydrogens is 552 g/mol. The monoisotopic (exact) mass is 578 g/mol. The van der Waals surface area contributed by atoms with Crippen LogP contribution in [0.15, 0.2) is 82.8 Å². The molecule has 1 aliphatic carbocycles. The number of fused-ring (bicyclic) bond motifs is 5. The summed E-state index contributed by atoms with van der Waals surface area (Å²) in [5.41, 5.74) is 3.27. The fourth-order valence-electron chi connectivity index (χ4n) is 7.23. The van der Waals surface area contributed by atoms with Gasteiger partial charge in [-0.25, -0.2) is 0 Å². The van der Waals surface area contributed by atoms with Crippen LogP contribution in [0.1, 0.15) is 41.9 Å². The lowest BCUT2D eigenvalue weighted by Gasteiger charge is -2.55. The average molecular weight is 579 g/mol. The third-order valence-corrected chi connectivity index (χ3v) is 8.86. The van der Waals surface area contributed by atoms with Crippen LogP contribution in [-0.4, -0.2) is 30.6 Å². The molecule has 0 fully saturated rings. The van der Waals surface area contributed by atoms with Gasteiger partial charge in [-0.1, -0.05) is 17.7 Å². The number of allylic oxidation sites excluding steroid dienone is 2. The molecule has 0 spiro atoms. The Hall–Kier alpha value is -5.44. The minimum atomic E-state index is -1.83. The highest BCUT2D eigenvalue weighted by Gasteiger charge is 2.62. The van der Waals surface area contributed by atoms with Crippen molar-refractivity contribution in [2.75, 3.05) is 0 Å². The van der Waals surface area contributed by atoms with Gasteiger partial charge in [0, 0.05) is 52.6 Å². The van der Waals surface area contributed by atoms with Crippen LogP contribution in [0.5, 0.6) is 46.0 Å². The third-order valence-electron chi connectivity index (χ3n) is 8.86. The van der Waals surface area contributed by atoms with Crippen LogP contribution >= 0.6 is 0 Å². The summed E-state index contributed by atoms with van der Waals surface area (Å²) in [5, 5.41) is 65.1. The number of hydrogen-bond acceptors (Lipinski definition) is 9. The molecule has 2 aliphatic heterocycles. The van der Waals surface area contributed by atoms with Crippen LogP contribution in [0.25, 0.3) is 22.3 Å². The van der Waals surface area contributed by atoms with Crippen molar-refractivity contribution < 1.29 is 44.5 Å². The number of furan rings is 1. The van der Waals surface area contributed by atoms with E-state index in [-0.39, 0.29) is 40.2 Å². The van der Waals surface area contributed by atoms with Crippen molar-refractivity contribution >= 4 is 11.0 Å². The first-order valence-corrected chi connectivity index (χ1v) is 13.8. The third kappa shape index (κ3) is 3.57. The zero-order valence-electron chi connectivity index (χ0n) is 22.8. The summed E-state index contributed by atoms with van der Waals surface area (Å²) in [5.74, 6) is -3.38. The zero-order chi connectivity index (χ0) is 29.8. The molecule has 3 aliphatic rings. The molecule has 9 nitrogen and oxygen atoms in total. The minimum Gasteiger partial charge on any atom is -0.508 e. The molecule has 0 saturated carbocycles. The van der Waals surface area contributed by atoms with E-state index in [1.807, 2.05) is 13.0 Å². The van der Waals surface area contributed by atoms with Crippen LogP contribution in [0.4, 0.5) is 0 Å². The highest BCUT2D eigenvalue weighted by molar-refractivity contribution is 5.84. The van der Waals surface area contributed by atoms with E-state index in [1.54, 1.807) is 42.5 Å². The topological polar surface area (TPSA) is 153 Å². The maximum absolute atomic E-state index is 11.5. The SMILES string of the molecule is CC1=CC2c3c(O)cc(-c4cc5ccc(O)cc5o4)cc3OC3(c4c(O)cc(O)cc4O)Oc4cc(O)ccc4[C@H](C1)[C@H]23. The second-order valence-corrected chi connectivity index (χ2v) is 11.6. The molecule has 2 unspecified atom stereocenters. The van der Waals surface area contributed by atoms with E-state index in [1.165, 1.54) is 12.1 Å². The molecule has 9 heteroatoms. The van der Waals surface area contributed by atoms with Crippen molar-refractivity contribution in [1.29, 1.82) is 0 Å². The van der Waals surface area contributed by atoms with Crippen molar-refractivity contribution in [3.63, 3.8) is 0 Å². The molecule has 43 heavy (non-hydrogen) atoms. The Balaban J connectivity index is 1.40. The van der Waals surface area contributed by atoms with Gasteiger partial charge in [0.25, 0.3) is 5.79 Å². The van der Waals surface area contributed by atoms with E-state index < -0.39 is 29.1 Å². The maximum Gasteiger partial charge on any atom is 0.289 e. The molecule has 3 heterocycles. The van der Waals surface area contributed by atoms with Crippen molar-refractivity contribution in [3.8, 4) is 57.3 Å². The first kappa shape index (κ1) is 25.3. The van der Waals surface area contributed by atoms with Gasteiger partial charge in [-0.3, -0.25) is 0 Å². The second kappa shape index (κ2) is 8.54. The molecule has 0 radical (unpaired) electrons. The van der Waals surface area contributed by atoms with E-state index in [2.05, 4.69) is 0 Å². The van der Waals surface area contributed by atoms with E-state index >= 15 is 0 Å². The summed E-state index contributed by atoms with van der Waals surface area (Å²) in [6, 6.07) is 16.9. The lowest BCUT2D eigenvalue weighted by atomic mass is 9.61. The van der Waals surface area contributed by atoms with Gasteiger partial charge in [-0.15, -0.1) is 0 Å². The molecular formula is C34H26O9. The summed E-state index contributed by atoms with van der Waals surface area (Å²) in [6.45, 7) is 2.01. The summed E-state index contributed by atoms with van der Waals surface area (Å²) in [6.07, 6.45) is 2.65. The smallest absolute Gasteiger partial charge is 0.289 e. The first-order chi connectivity index (χ1) is 20.6. The lowest BCUT2D eigenvalue weighted by molar-refractivity contribution is -0.199. The van der Waals surface area contributed by atoms with Gasteiger partial charge in [0.2, 0.25) is 0 Å². The second-order valence-electron chi connectivity index (χ2n) is 11.6. The maximum atomic E-state index is 11.5. The molecule has 8 rings (SSSR count). The molecule has 6 N–H and O–H groups in total. The molecule has 4 atom stereocenters. The van der Waals surface area contributed by atoms with Crippen LogP contribution in [-0.2, 0) is 5.79 Å². The molecule has 0 bridgehead atoms. The summed E-state index contributed by atoms with van der Waals surface area (Å²) >= 11 is 0. The number of ether oxygens (including phenoxy) is 2. The Kier molecular flexibility index (Phi) is 5.02. The van der Waals surface area contributed by atoms with E-state index in [0.717, 1.165) is 28.7 Å². The molecule has 216 valence electrons. The standard InChI is InChI=1S/C34H26O9/c1-15-6-22-21-5-4-19(36)14-29(21)42-34(33-25(39)11-20(37)12-26(33)40)32(22)23(7-15)31-24(38)8-17(10-30(31)43-34)27-9-16-2-3-18(35)13-28(16)41-27/h2-5,7-14,22-23,32,35-40H,6H2,1H3/t22-,23?,32+,34?/m0/s1. The highest BCUT2D eigenvalue weighted by atomic mass is 16.7. The van der Waals surface area contributed by atoms with Gasteiger partial charge in [0.05, 0.1) is 5.92 Å². The Morgan fingerprint density at radius 1 is 0.721 bits per heavy atom. The number of aromatic hydroxyl groups is 6. The van der Waals surface area contributed by atoms with Crippen LogP contribution in [0.3, 0.4) is 0 Å². The van der Waals surface area contributed by atoms with E-state index in [9.17, 15) is 30.6 Å². The fraction of sp³-hybridized carbons (Fsp3) is 0.176. The Morgan fingerprint density at radius 2 is 1.44 bits per heavy atom. The largest absolute Gasteiger partial charge is 0.508 e. The van der Waals surface area contributed by atoms with Crippen molar-refractivity contribution in [1.82, 2.24) is 0 Å². The van der Waals surface area contributed by atoms with Gasteiger partial charge in [0.15, 0.2) is 0 Å². The predicted molar refractivity (Wildman–Crippen MR) is 155 cm³/mol. The van der Waals surface area contributed by atoms with Crippen LogP contribution < -0.4 is 9.47 Å². The number of rotatable bonds is 2. The van der Waals surface area contributed by atoms with Gasteiger partial charge in [0.1, 0.15) is 62.9 Å². The predicted octanol–water partition coefficient (Wildman–Crippen LogP) is 6.80. The van der Waals surface area contributed by atoms with E-state index in [0.29, 0.717) is 34.6 Å². The van der Waals surface area contributed by atoms with Crippen molar-refractivity contribution in [3.05, 3.63) is 95.1 Å². The summed E-state index contributed by atoms with van der Waals surface area (Å²) in [4.78, 5) is 0. The first-order valence-electron chi connectivity index (χ1n) is 13.8. The van der Waals surface area contributed by atoms with Crippen LogP contribution in [0, 0.1) is 5.92 Å². The van der Waals surface area contributed by atoms with Gasteiger partial charge < -0.3 is 44.5 Å². The zero-order valence-corrected chi connectivity index (χ0v) is 22.8. The molecule has 5 aromatic rings. The Bertz CT molecular complexity index is 2000. The lowest BCUT2D eigenvalue weighted by Crippen LogP contribution is -2.56. The van der Waals surface area contributed by atoms with Gasteiger partial charge in [-0.05, 0) is 55.3 Å². The Labute approximate surface area is 244 Å². The van der Waals surface area contributed by atoms with Crippen molar-refractivity contribution in [2.45, 2.75) is 31.0 Å². The molecule has 0 saturated heterocycles. The molecule has 1 aromatic heterocycles. The number of phenols is 6. The number of benzene rings is 4. The van der Waals surface area contributed by atoms with E-state index in [4.69, 9.17) is 13.9 Å². The number of hydrogen-bond donors (Lipinski definition) is 6. The Morgan fingerprint density at radius 3 is 2.23 bits per heavy atom. The summed E-state index contributed by atoms with van der Waals surface area (Å²) in [7, 11) is 0. The molecule has 4 aromatic carbocycles. The highest BCUT2D eigenvalue weighted by Crippen LogP contribution is 2.66. The average Bonchev–Trinajstić information content (AvgIpc) is 3.35. The quantitative estimate of drug-likeness (QED) is 0.124. The fourth-order valence-corrected chi connectivity index (χ4v) is 7.23. The van der Waals surface area contributed by atoms with Gasteiger partial charge >= 0.3 is 0 Å². The van der Waals surface area contributed by atoms with Gasteiger partial charge in [-0.2, -0.15) is 0 Å². The van der Waals surface area contributed by atoms with Crippen LogP contribution in [0.2, 0.25) is 0 Å². The minimum absolute atomic E-state index is 0.0295. The van der Waals surface area contributed by atoms with Crippen molar-refractivity contribution in [2.24, 2.45) is 5.92 Å². The molecule has 0 amide bonds.